The van der Waals surface area contributed by atoms with Crippen molar-refractivity contribution in [2.75, 3.05) is 19.5 Å². The molecule has 3 aromatic carbocycles. The van der Waals surface area contributed by atoms with E-state index in [1.54, 1.807) is 32.4 Å². The van der Waals surface area contributed by atoms with Crippen LogP contribution in [0.5, 0.6) is 11.5 Å². The van der Waals surface area contributed by atoms with E-state index in [4.69, 9.17) is 21.7 Å². The van der Waals surface area contributed by atoms with Crippen molar-refractivity contribution < 1.29 is 14.3 Å². The molecule has 0 aromatic heterocycles. The Labute approximate surface area is 186 Å². The zero-order chi connectivity index (χ0) is 22.0. The van der Waals surface area contributed by atoms with Gasteiger partial charge in [0.25, 0.3) is 5.91 Å². The Balaban J connectivity index is 1.75. The molecular formula is C24H23N3O3S. The van der Waals surface area contributed by atoms with Crippen LogP contribution in [-0.2, 0) is 4.79 Å². The molecule has 1 heterocycles. The molecule has 0 fully saturated rings. The zero-order valence-electron chi connectivity index (χ0n) is 17.5. The minimum Gasteiger partial charge on any atom is -0.497 e. The van der Waals surface area contributed by atoms with Crippen molar-refractivity contribution in [3.8, 4) is 11.5 Å². The van der Waals surface area contributed by atoms with E-state index >= 15 is 0 Å². The first-order valence-electron chi connectivity index (χ1n) is 9.81. The van der Waals surface area contributed by atoms with E-state index in [0.717, 1.165) is 16.3 Å². The van der Waals surface area contributed by atoms with Crippen LogP contribution in [0.2, 0.25) is 0 Å². The maximum atomic E-state index is 13.4. The number of anilines is 1. The minimum absolute atomic E-state index is 0.249. The van der Waals surface area contributed by atoms with Crippen molar-refractivity contribution >= 4 is 39.7 Å². The third-order valence-electron chi connectivity index (χ3n) is 5.31. The Morgan fingerprint density at radius 1 is 1.03 bits per heavy atom. The van der Waals surface area contributed by atoms with E-state index in [-0.39, 0.29) is 5.91 Å². The van der Waals surface area contributed by atoms with E-state index in [0.29, 0.717) is 33.6 Å². The molecule has 6 nitrogen and oxygen atoms in total. The Bertz CT molecular complexity index is 1200. The molecule has 4 rings (SSSR count). The Morgan fingerprint density at radius 2 is 1.81 bits per heavy atom. The summed E-state index contributed by atoms with van der Waals surface area (Å²) in [7, 11) is 3.13. The SMILES string of the molecule is COc1ccc(NC(=O)C2=C(C)NC(=S)NC2c2cccc3ccccc23)c(OC)c1. The molecule has 1 amide bonds. The first kappa shape index (κ1) is 20.7. The minimum atomic E-state index is -0.399. The van der Waals surface area contributed by atoms with Crippen LogP contribution in [0.1, 0.15) is 18.5 Å². The molecule has 3 N–H and O–H groups in total. The van der Waals surface area contributed by atoms with Crippen molar-refractivity contribution in [1.29, 1.82) is 0 Å². The lowest BCUT2D eigenvalue weighted by atomic mass is 9.91. The Kier molecular flexibility index (Phi) is 5.77. The smallest absolute Gasteiger partial charge is 0.255 e. The number of carbonyl (C=O) groups excluding carboxylic acids is 1. The maximum absolute atomic E-state index is 13.4. The van der Waals surface area contributed by atoms with Gasteiger partial charge in [-0.2, -0.15) is 0 Å². The molecule has 1 atom stereocenters. The summed E-state index contributed by atoms with van der Waals surface area (Å²) < 4.78 is 10.7. The molecule has 1 unspecified atom stereocenters. The highest BCUT2D eigenvalue weighted by Gasteiger charge is 2.31. The quantitative estimate of drug-likeness (QED) is 0.522. The average Bonchev–Trinajstić information content (AvgIpc) is 2.78. The lowest BCUT2D eigenvalue weighted by Crippen LogP contribution is -2.45. The maximum Gasteiger partial charge on any atom is 0.255 e. The molecule has 158 valence electrons. The van der Waals surface area contributed by atoms with Crippen molar-refractivity contribution in [2.24, 2.45) is 0 Å². The fraction of sp³-hybridized carbons (Fsp3) is 0.167. The number of nitrogens with one attached hydrogen (secondary N) is 3. The van der Waals surface area contributed by atoms with Crippen LogP contribution in [0.4, 0.5) is 5.69 Å². The molecule has 7 heteroatoms. The van der Waals surface area contributed by atoms with Gasteiger partial charge in [-0.3, -0.25) is 4.79 Å². The predicted octanol–water partition coefficient (Wildman–Crippen LogP) is 4.29. The van der Waals surface area contributed by atoms with Gasteiger partial charge in [0.05, 0.1) is 31.5 Å². The predicted molar refractivity (Wildman–Crippen MR) is 126 cm³/mol. The average molecular weight is 434 g/mol. The Morgan fingerprint density at radius 3 is 2.58 bits per heavy atom. The summed E-state index contributed by atoms with van der Waals surface area (Å²) in [6.07, 6.45) is 0. The summed E-state index contributed by atoms with van der Waals surface area (Å²) in [5.74, 6) is 0.909. The number of carbonyl (C=O) groups is 1. The molecule has 0 bridgehead atoms. The highest BCUT2D eigenvalue weighted by atomic mass is 32.1. The first-order valence-corrected chi connectivity index (χ1v) is 10.2. The number of benzene rings is 3. The van der Waals surface area contributed by atoms with E-state index in [2.05, 4.69) is 34.1 Å². The molecule has 0 spiro atoms. The summed E-state index contributed by atoms with van der Waals surface area (Å²) >= 11 is 5.40. The second-order valence-corrected chi connectivity index (χ2v) is 7.57. The van der Waals surface area contributed by atoms with Crippen LogP contribution in [0.15, 0.2) is 71.9 Å². The van der Waals surface area contributed by atoms with Gasteiger partial charge in [0.1, 0.15) is 11.5 Å². The zero-order valence-corrected chi connectivity index (χ0v) is 18.3. The van der Waals surface area contributed by atoms with Gasteiger partial charge in [-0.05, 0) is 47.6 Å². The monoisotopic (exact) mass is 433 g/mol. The number of fused-ring (bicyclic) bond motifs is 1. The number of hydrogen-bond acceptors (Lipinski definition) is 4. The number of ether oxygens (including phenoxy) is 2. The van der Waals surface area contributed by atoms with Crippen molar-refractivity contribution in [3.05, 3.63) is 77.5 Å². The number of methoxy groups -OCH3 is 2. The fourth-order valence-corrected chi connectivity index (χ4v) is 4.09. The molecule has 0 saturated carbocycles. The molecule has 1 aliphatic heterocycles. The van der Waals surface area contributed by atoms with Gasteiger partial charge in [0, 0.05) is 11.8 Å². The van der Waals surface area contributed by atoms with Crippen LogP contribution >= 0.6 is 12.2 Å². The lowest BCUT2D eigenvalue weighted by Gasteiger charge is -2.31. The van der Waals surface area contributed by atoms with Gasteiger partial charge in [0.15, 0.2) is 5.11 Å². The second kappa shape index (κ2) is 8.65. The van der Waals surface area contributed by atoms with E-state index < -0.39 is 6.04 Å². The third-order valence-corrected chi connectivity index (χ3v) is 5.52. The van der Waals surface area contributed by atoms with Gasteiger partial charge < -0.3 is 25.4 Å². The van der Waals surface area contributed by atoms with Gasteiger partial charge in [-0.25, -0.2) is 0 Å². The molecular weight excluding hydrogens is 410 g/mol. The number of hydrogen-bond donors (Lipinski definition) is 3. The molecule has 1 aliphatic rings. The summed E-state index contributed by atoms with van der Waals surface area (Å²) in [6, 6.07) is 19.0. The number of thiocarbonyl (C=S) groups is 1. The molecule has 31 heavy (non-hydrogen) atoms. The normalized spacial score (nSPS) is 15.8. The summed E-state index contributed by atoms with van der Waals surface area (Å²) in [5, 5.41) is 12.0. The fourth-order valence-electron chi connectivity index (χ4n) is 3.82. The first-order chi connectivity index (χ1) is 15.0. The van der Waals surface area contributed by atoms with E-state index in [1.807, 2.05) is 31.2 Å². The van der Waals surface area contributed by atoms with Gasteiger partial charge in [-0.15, -0.1) is 0 Å². The highest BCUT2D eigenvalue weighted by Crippen LogP contribution is 2.34. The van der Waals surface area contributed by atoms with E-state index in [1.165, 1.54) is 0 Å². The van der Waals surface area contributed by atoms with Gasteiger partial charge in [-0.1, -0.05) is 42.5 Å². The van der Waals surface area contributed by atoms with Crippen LogP contribution < -0.4 is 25.4 Å². The largest absolute Gasteiger partial charge is 0.497 e. The van der Waals surface area contributed by atoms with Gasteiger partial charge in [0.2, 0.25) is 0 Å². The van der Waals surface area contributed by atoms with Crippen molar-refractivity contribution in [1.82, 2.24) is 10.6 Å². The Hall–Kier alpha value is -3.58. The van der Waals surface area contributed by atoms with Crippen LogP contribution in [0.25, 0.3) is 10.8 Å². The van der Waals surface area contributed by atoms with Crippen LogP contribution in [0, 0.1) is 0 Å². The van der Waals surface area contributed by atoms with Crippen molar-refractivity contribution in [2.45, 2.75) is 13.0 Å². The van der Waals surface area contributed by atoms with Crippen molar-refractivity contribution in [3.63, 3.8) is 0 Å². The van der Waals surface area contributed by atoms with Crippen LogP contribution in [0.3, 0.4) is 0 Å². The van der Waals surface area contributed by atoms with E-state index in [9.17, 15) is 4.79 Å². The lowest BCUT2D eigenvalue weighted by molar-refractivity contribution is -0.113. The number of amides is 1. The third kappa shape index (κ3) is 4.04. The topological polar surface area (TPSA) is 71.6 Å². The molecule has 3 aromatic rings. The number of rotatable bonds is 5. The molecule has 0 aliphatic carbocycles. The number of allylic oxidation sites excluding steroid dienone is 1. The standard InChI is InChI=1S/C24H23N3O3S/c1-14-21(23(28)26-19-12-11-16(29-2)13-20(19)30-3)22(27-24(31)25-14)18-10-6-8-15-7-4-5-9-17(15)18/h4-13,22H,1-3H3,(H,26,28)(H2,25,27,31). The molecule has 0 saturated heterocycles. The van der Waals surface area contributed by atoms with Crippen LogP contribution in [-0.4, -0.2) is 25.2 Å². The van der Waals surface area contributed by atoms with Gasteiger partial charge >= 0.3 is 0 Å². The second-order valence-electron chi connectivity index (χ2n) is 7.16. The summed E-state index contributed by atoms with van der Waals surface area (Å²) in [6.45, 7) is 1.85. The highest BCUT2D eigenvalue weighted by molar-refractivity contribution is 7.80. The summed E-state index contributed by atoms with van der Waals surface area (Å²) in [5.41, 5.74) is 2.79. The summed E-state index contributed by atoms with van der Waals surface area (Å²) in [4.78, 5) is 13.4. The molecule has 0 radical (unpaired) electrons.